The van der Waals surface area contributed by atoms with Gasteiger partial charge in [0, 0.05) is 13.1 Å². The third-order valence-electron chi connectivity index (χ3n) is 4.07. The van der Waals surface area contributed by atoms with Crippen LogP contribution in [-0.2, 0) is 6.54 Å². The van der Waals surface area contributed by atoms with Gasteiger partial charge < -0.3 is 26.0 Å². The second kappa shape index (κ2) is 7.62. The highest BCUT2D eigenvalue weighted by atomic mass is 16.3. The number of aromatic hydroxyl groups is 2. The molecule has 1 aromatic carbocycles. The van der Waals surface area contributed by atoms with Gasteiger partial charge in [0.15, 0.2) is 28.5 Å². The highest BCUT2D eigenvalue weighted by Crippen LogP contribution is 2.30. The van der Waals surface area contributed by atoms with Crippen molar-refractivity contribution in [2.45, 2.75) is 39.5 Å². The van der Waals surface area contributed by atoms with Crippen LogP contribution in [0.4, 0.5) is 11.8 Å². The number of nitrogens with one attached hydrogen (secondary N) is 2. The maximum Gasteiger partial charge on any atom is 0.226 e. The minimum absolute atomic E-state index is 0.175. The lowest BCUT2D eigenvalue weighted by Gasteiger charge is -2.16. The van der Waals surface area contributed by atoms with Crippen molar-refractivity contribution >= 4 is 22.9 Å². The molecule has 3 aromatic rings. The molecule has 5 N–H and O–H groups in total. The first-order valence-corrected chi connectivity index (χ1v) is 8.70. The number of aryl methyl sites for hydroxylation is 1. The molecule has 2 atom stereocenters. The molecule has 0 amide bonds. The maximum atomic E-state index is 9.73. The van der Waals surface area contributed by atoms with Crippen LogP contribution in [0.3, 0.4) is 0 Å². The predicted molar refractivity (Wildman–Crippen MR) is 101 cm³/mol. The Kier molecular flexibility index (Phi) is 5.26. The average Bonchev–Trinajstić information content (AvgIpc) is 3.05. The van der Waals surface area contributed by atoms with E-state index in [9.17, 15) is 15.3 Å². The Hall–Kier alpha value is -3.14. The number of rotatable bonds is 7. The van der Waals surface area contributed by atoms with Gasteiger partial charge in [0.1, 0.15) is 0 Å². The highest BCUT2D eigenvalue weighted by molar-refractivity contribution is 5.83. The molecule has 144 valence electrons. The number of phenols is 2. The summed E-state index contributed by atoms with van der Waals surface area (Å²) in [5.41, 5.74) is 1.86. The molecule has 0 bridgehead atoms. The summed E-state index contributed by atoms with van der Waals surface area (Å²) >= 11 is 0. The Bertz CT molecular complexity index is 942. The summed E-state index contributed by atoms with van der Waals surface area (Å²) in [7, 11) is 0. The molecule has 0 saturated heterocycles. The average molecular weight is 373 g/mol. The first kappa shape index (κ1) is 18.6. The number of fused-ring (bicyclic) bond motifs is 1. The van der Waals surface area contributed by atoms with Crippen molar-refractivity contribution in [3.8, 4) is 11.5 Å². The van der Waals surface area contributed by atoms with Crippen LogP contribution in [0.1, 0.15) is 32.4 Å². The van der Waals surface area contributed by atoms with E-state index in [4.69, 9.17) is 0 Å². The third kappa shape index (κ3) is 4.00. The van der Waals surface area contributed by atoms with Gasteiger partial charge in [-0.05, 0) is 38.5 Å². The standard InChI is InChI=1S/C17H23N7O3/c1-4-24-16-14(22-23-24)15(20-17(21-16)18-8-9(2)25)19-10(3)11-5-6-12(26)13(27)7-11/h5-7,9-10,25-27H,4,8H2,1-3H3,(H2,18,19,20,21). The largest absolute Gasteiger partial charge is 0.504 e. The van der Waals surface area contributed by atoms with E-state index in [-0.39, 0.29) is 17.5 Å². The minimum atomic E-state index is -0.547. The molecule has 0 fully saturated rings. The Morgan fingerprint density at radius 3 is 2.59 bits per heavy atom. The predicted octanol–water partition coefficient (Wildman–Crippen LogP) is 1.62. The van der Waals surface area contributed by atoms with E-state index in [2.05, 4.69) is 30.9 Å². The van der Waals surface area contributed by atoms with Crippen LogP contribution in [0, 0.1) is 0 Å². The molecule has 10 heteroatoms. The summed E-state index contributed by atoms with van der Waals surface area (Å²) in [6.45, 7) is 6.41. The smallest absolute Gasteiger partial charge is 0.226 e. The van der Waals surface area contributed by atoms with Gasteiger partial charge in [-0.25, -0.2) is 4.68 Å². The maximum absolute atomic E-state index is 9.73. The second-order valence-corrected chi connectivity index (χ2v) is 6.32. The van der Waals surface area contributed by atoms with E-state index in [1.54, 1.807) is 17.7 Å². The van der Waals surface area contributed by atoms with Gasteiger partial charge in [-0.2, -0.15) is 9.97 Å². The quantitative estimate of drug-likeness (QED) is 0.391. The zero-order valence-corrected chi connectivity index (χ0v) is 15.4. The second-order valence-electron chi connectivity index (χ2n) is 6.32. The van der Waals surface area contributed by atoms with Crippen molar-refractivity contribution in [3.05, 3.63) is 23.8 Å². The molecule has 0 radical (unpaired) electrons. The third-order valence-corrected chi connectivity index (χ3v) is 4.07. The number of hydrogen-bond donors (Lipinski definition) is 5. The van der Waals surface area contributed by atoms with Crippen LogP contribution in [0.5, 0.6) is 11.5 Å². The van der Waals surface area contributed by atoms with Crippen LogP contribution in [0.2, 0.25) is 0 Å². The lowest BCUT2D eigenvalue weighted by atomic mass is 10.1. The van der Waals surface area contributed by atoms with Crippen molar-refractivity contribution < 1.29 is 15.3 Å². The molecule has 0 aliphatic carbocycles. The molecule has 0 aliphatic heterocycles. The molecular formula is C17H23N7O3. The number of benzene rings is 1. The number of nitrogens with zero attached hydrogens (tertiary/aromatic N) is 5. The van der Waals surface area contributed by atoms with Gasteiger partial charge in [0.2, 0.25) is 5.95 Å². The van der Waals surface area contributed by atoms with Gasteiger partial charge in [0.05, 0.1) is 12.1 Å². The van der Waals surface area contributed by atoms with Crippen molar-refractivity contribution in [2.75, 3.05) is 17.2 Å². The van der Waals surface area contributed by atoms with Gasteiger partial charge in [0.25, 0.3) is 0 Å². The van der Waals surface area contributed by atoms with Gasteiger partial charge in [-0.3, -0.25) is 0 Å². The van der Waals surface area contributed by atoms with Crippen LogP contribution in [0.25, 0.3) is 11.2 Å². The number of hydrogen-bond acceptors (Lipinski definition) is 9. The molecule has 0 saturated carbocycles. The van der Waals surface area contributed by atoms with Crippen LogP contribution in [0.15, 0.2) is 18.2 Å². The summed E-state index contributed by atoms with van der Waals surface area (Å²) < 4.78 is 1.66. The molecule has 2 aromatic heterocycles. The lowest BCUT2D eigenvalue weighted by Crippen LogP contribution is -2.18. The van der Waals surface area contributed by atoms with E-state index < -0.39 is 6.10 Å². The normalized spacial score (nSPS) is 13.5. The summed E-state index contributed by atoms with van der Waals surface area (Å²) in [6.07, 6.45) is -0.547. The van der Waals surface area contributed by atoms with Crippen molar-refractivity contribution in [1.29, 1.82) is 0 Å². The lowest BCUT2D eigenvalue weighted by molar-refractivity contribution is 0.208. The zero-order chi connectivity index (χ0) is 19.6. The van der Waals surface area contributed by atoms with Gasteiger partial charge in [-0.15, -0.1) is 5.10 Å². The molecule has 3 rings (SSSR count). The molecule has 2 unspecified atom stereocenters. The Labute approximate surface area is 155 Å². The van der Waals surface area contributed by atoms with Crippen LogP contribution >= 0.6 is 0 Å². The highest BCUT2D eigenvalue weighted by Gasteiger charge is 2.17. The van der Waals surface area contributed by atoms with Gasteiger partial charge >= 0.3 is 0 Å². The van der Waals surface area contributed by atoms with Gasteiger partial charge in [-0.1, -0.05) is 11.3 Å². The summed E-state index contributed by atoms with van der Waals surface area (Å²) in [5, 5.41) is 43.2. The minimum Gasteiger partial charge on any atom is -0.504 e. The monoisotopic (exact) mass is 373 g/mol. The van der Waals surface area contributed by atoms with Crippen molar-refractivity contribution in [1.82, 2.24) is 25.0 Å². The van der Waals surface area contributed by atoms with E-state index >= 15 is 0 Å². The fourth-order valence-corrected chi connectivity index (χ4v) is 2.59. The van der Waals surface area contributed by atoms with E-state index in [1.807, 2.05) is 13.8 Å². The number of phenolic OH excluding ortho intramolecular Hbond substituents is 2. The van der Waals surface area contributed by atoms with Crippen LogP contribution in [-0.4, -0.2) is 52.9 Å². The Morgan fingerprint density at radius 1 is 1.15 bits per heavy atom. The summed E-state index contributed by atoms with van der Waals surface area (Å²) in [6, 6.07) is 4.40. The van der Waals surface area contributed by atoms with Crippen molar-refractivity contribution in [2.24, 2.45) is 0 Å². The molecule has 0 spiro atoms. The number of aliphatic hydroxyl groups excluding tert-OH is 1. The molecular weight excluding hydrogens is 350 g/mol. The first-order chi connectivity index (χ1) is 12.9. The number of aliphatic hydroxyl groups is 1. The van der Waals surface area contributed by atoms with Crippen LogP contribution < -0.4 is 10.6 Å². The zero-order valence-electron chi connectivity index (χ0n) is 15.4. The SMILES string of the molecule is CCn1nnc2c(NC(C)c3ccc(O)c(O)c3)nc(NCC(C)O)nc21. The number of aromatic nitrogens is 5. The Balaban J connectivity index is 1.95. The summed E-state index contributed by atoms with van der Waals surface area (Å²) in [4.78, 5) is 8.89. The molecule has 0 aliphatic rings. The fourth-order valence-electron chi connectivity index (χ4n) is 2.59. The van der Waals surface area contributed by atoms with E-state index in [0.717, 1.165) is 5.56 Å². The number of anilines is 2. The Morgan fingerprint density at radius 2 is 1.93 bits per heavy atom. The first-order valence-electron chi connectivity index (χ1n) is 8.70. The topological polar surface area (TPSA) is 141 Å². The van der Waals surface area contributed by atoms with E-state index in [0.29, 0.717) is 36.0 Å². The summed E-state index contributed by atoms with van der Waals surface area (Å²) in [5.74, 6) is 0.465. The molecule has 10 nitrogen and oxygen atoms in total. The fraction of sp³-hybridized carbons (Fsp3) is 0.412. The van der Waals surface area contributed by atoms with E-state index in [1.165, 1.54) is 12.1 Å². The molecule has 27 heavy (non-hydrogen) atoms. The molecule has 2 heterocycles. The van der Waals surface area contributed by atoms with Crippen molar-refractivity contribution in [3.63, 3.8) is 0 Å².